The second-order valence-electron chi connectivity index (χ2n) is 6.60. The Morgan fingerprint density at radius 2 is 1.45 bits per heavy atom. The molecule has 3 aromatic carbocycles. The van der Waals surface area contributed by atoms with Crippen LogP contribution in [0.4, 0.5) is 5.69 Å². The smallest absolute Gasteiger partial charge is 0.230 e. The maximum absolute atomic E-state index is 12.2. The predicted molar refractivity (Wildman–Crippen MR) is 121 cm³/mol. The first kappa shape index (κ1) is 20.6. The van der Waals surface area contributed by atoms with E-state index in [1.165, 1.54) is 5.56 Å². The van der Waals surface area contributed by atoms with Gasteiger partial charge < -0.3 is 15.4 Å². The summed E-state index contributed by atoms with van der Waals surface area (Å²) in [4.78, 5) is 12.2. The van der Waals surface area contributed by atoms with E-state index in [2.05, 4.69) is 22.8 Å². The molecule has 0 heterocycles. The summed E-state index contributed by atoms with van der Waals surface area (Å²) >= 11 is 5.29. The van der Waals surface area contributed by atoms with E-state index in [0.29, 0.717) is 12.4 Å². The number of rotatable bonds is 8. The molecule has 0 aromatic heterocycles. The number of thiocarbonyl (C=S) groups is 1. The number of ether oxygens (including phenoxy) is 1. The Morgan fingerprint density at radius 1 is 0.828 bits per heavy atom. The molecule has 5 heteroatoms. The first-order valence-corrected chi connectivity index (χ1v) is 10.0. The number of para-hydroxylation sites is 2. The van der Waals surface area contributed by atoms with Crippen molar-refractivity contribution in [1.82, 2.24) is 5.32 Å². The van der Waals surface area contributed by atoms with Crippen molar-refractivity contribution in [2.45, 2.75) is 19.3 Å². The van der Waals surface area contributed by atoms with Crippen LogP contribution in [-0.2, 0) is 17.6 Å². The van der Waals surface area contributed by atoms with Crippen LogP contribution in [0.25, 0.3) is 0 Å². The molecule has 0 saturated carbocycles. The maximum Gasteiger partial charge on any atom is 0.230 e. The zero-order valence-corrected chi connectivity index (χ0v) is 17.0. The van der Waals surface area contributed by atoms with E-state index >= 15 is 0 Å². The molecule has 3 rings (SSSR count). The number of amides is 1. The van der Waals surface area contributed by atoms with Gasteiger partial charge in [-0.2, -0.15) is 0 Å². The molecule has 1 amide bonds. The number of hydrogen-bond donors (Lipinski definition) is 2. The lowest BCUT2D eigenvalue weighted by atomic mass is 10.1. The van der Waals surface area contributed by atoms with Gasteiger partial charge in [-0.15, -0.1) is 0 Å². The van der Waals surface area contributed by atoms with Crippen molar-refractivity contribution in [1.29, 1.82) is 0 Å². The minimum Gasteiger partial charge on any atom is -0.491 e. The number of carbonyl (C=O) groups excluding carboxylic acids is 1. The lowest BCUT2D eigenvalue weighted by Gasteiger charge is -2.14. The summed E-state index contributed by atoms with van der Waals surface area (Å²) in [7, 11) is 0. The first-order valence-electron chi connectivity index (χ1n) is 9.61. The number of carbonyl (C=O) groups is 1. The van der Waals surface area contributed by atoms with Crippen molar-refractivity contribution in [3.05, 3.63) is 96.1 Å². The molecule has 0 radical (unpaired) electrons. The Balaban J connectivity index is 1.47. The fraction of sp³-hybridized carbons (Fsp3) is 0.167. The summed E-state index contributed by atoms with van der Waals surface area (Å²) in [6, 6.07) is 27.5. The largest absolute Gasteiger partial charge is 0.491 e. The topological polar surface area (TPSA) is 50.4 Å². The number of benzene rings is 3. The van der Waals surface area contributed by atoms with Crippen LogP contribution < -0.4 is 15.4 Å². The fourth-order valence-electron chi connectivity index (χ4n) is 2.90. The van der Waals surface area contributed by atoms with Crippen LogP contribution in [-0.4, -0.2) is 17.6 Å². The van der Waals surface area contributed by atoms with Crippen LogP contribution >= 0.6 is 12.2 Å². The van der Waals surface area contributed by atoms with E-state index in [-0.39, 0.29) is 17.4 Å². The van der Waals surface area contributed by atoms with Crippen LogP contribution in [0.1, 0.15) is 17.5 Å². The predicted octanol–water partition coefficient (Wildman–Crippen LogP) is 4.75. The van der Waals surface area contributed by atoms with Gasteiger partial charge in [0.25, 0.3) is 0 Å². The molecule has 3 aromatic rings. The summed E-state index contributed by atoms with van der Waals surface area (Å²) < 4.78 is 5.93. The third-order valence-corrected chi connectivity index (χ3v) is 4.51. The summed E-state index contributed by atoms with van der Waals surface area (Å²) in [5.41, 5.74) is 2.97. The quantitative estimate of drug-likeness (QED) is 0.420. The molecular formula is C24H24N2O2S. The Bertz CT molecular complexity index is 930. The number of hydrogen-bond acceptors (Lipinski definition) is 3. The summed E-state index contributed by atoms with van der Waals surface area (Å²) in [5.74, 6) is 0.551. The van der Waals surface area contributed by atoms with E-state index in [1.807, 2.05) is 72.8 Å². The Kier molecular flexibility index (Phi) is 7.78. The van der Waals surface area contributed by atoms with Gasteiger partial charge in [0.2, 0.25) is 5.91 Å². The molecule has 0 spiro atoms. The van der Waals surface area contributed by atoms with Crippen LogP contribution in [0, 0.1) is 0 Å². The Morgan fingerprint density at radius 3 is 2.17 bits per heavy atom. The fourth-order valence-corrected chi connectivity index (χ4v) is 3.13. The van der Waals surface area contributed by atoms with E-state index in [9.17, 15) is 4.79 Å². The third kappa shape index (κ3) is 7.05. The van der Waals surface area contributed by atoms with E-state index < -0.39 is 0 Å². The van der Waals surface area contributed by atoms with Crippen LogP contribution in [0.15, 0.2) is 84.9 Å². The number of aryl methyl sites for hydroxylation is 1. The van der Waals surface area contributed by atoms with E-state index in [4.69, 9.17) is 17.0 Å². The minimum absolute atomic E-state index is 0.157. The molecule has 0 atom stereocenters. The molecule has 29 heavy (non-hydrogen) atoms. The van der Waals surface area contributed by atoms with Gasteiger partial charge in [0.05, 0.1) is 18.7 Å². The minimum atomic E-state index is -0.157. The molecule has 0 bridgehead atoms. The molecular weight excluding hydrogens is 380 g/mol. The monoisotopic (exact) mass is 404 g/mol. The highest BCUT2D eigenvalue weighted by molar-refractivity contribution is 7.80. The summed E-state index contributed by atoms with van der Waals surface area (Å²) in [6.07, 6.45) is 2.15. The van der Waals surface area contributed by atoms with Crippen LogP contribution in [0.5, 0.6) is 5.75 Å². The highest BCUT2D eigenvalue weighted by Gasteiger charge is 2.09. The maximum atomic E-state index is 12.2. The molecule has 0 saturated heterocycles. The SMILES string of the molecule is O=C(Cc1ccccc1)NC(=S)Nc1ccccc1OCCCc1ccccc1. The Hall–Kier alpha value is -3.18. The van der Waals surface area contributed by atoms with Gasteiger partial charge >= 0.3 is 0 Å². The molecule has 0 aliphatic rings. The second-order valence-corrected chi connectivity index (χ2v) is 7.01. The lowest BCUT2D eigenvalue weighted by molar-refractivity contribution is -0.119. The van der Waals surface area contributed by atoms with Gasteiger partial charge in [-0.05, 0) is 48.3 Å². The average molecular weight is 405 g/mol. The average Bonchev–Trinajstić information content (AvgIpc) is 2.73. The van der Waals surface area contributed by atoms with Crippen molar-refractivity contribution >= 4 is 28.9 Å². The van der Waals surface area contributed by atoms with E-state index in [0.717, 1.165) is 24.1 Å². The van der Waals surface area contributed by atoms with Crippen molar-refractivity contribution in [3.63, 3.8) is 0 Å². The zero-order valence-electron chi connectivity index (χ0n) is 16.1. The van der Waals surface area contributed by atoms with Gasteiger partial charge in [0.1, 0.15) is 5.75 Å². The molecule has 0 fully saturated rings. The van der Waals surface area contributed by atoms with Crippen molar-refractivity contribution in [2.24, 2.45) is 0 Å². The molecule has 2 N–H and O–H groups in total. The first-order chi connectivity index (χ1) is 14.2. The molecule has 0 unspecified atom stereocenters. The Labute approximate surface area is 176 Å². The van der Waals surface area contributed by atoms with Gasteiger partial charge in [-0.3, -0.25) is 4.79 Å². The van der Waals surface area contributed by atoms with Gasteiger partial charge in [-0.25, -0.2) is 0 Å². The molecule has 0 aliphatic carbocycles. The van der Waals surface area contributed by atoms with Crippen molar-refractivity contribution in [2.75, 3.05) is 11.9 Å². The standard InChI is InChI=1S/C24H24N2O2S/c27-23(18-20-12-5-2-6-13-20)26-24(29)25-21-15-7-8-16-22(21)28-17-9-14-19-10-3-1-4-11-19/h1-8,10-13,15-16H,9,14,17-18H2,(H2,25,26,27,29). The van der Waals surface area contributed by atoms with Crippen molar-refractivity contribution in [3.8, 4) is 5.75 Å². The highest BCUT2D eigenvalue weighted by atomic mass is 32.1. The highest BCUT2D eigenvalue weighted by Crippen LogP contribution is 2.24. The van der Waals surface area contributed by atoms with Crippen LogP contribution in [0.3, 0.4) is 0 Å². The van der Waals surface area contributed by atoms with E-state index in [1.54, 1.807) is 0 Å². The lowest BCUT2D eigenvalue weighted by Crippen LogP contribution is -2.35. The summed E-state index contributed by atoms with van der Waals surface area (Å²) in [6.45, 7) is 0.598. The van der Waals surface area contributed by atoms with Gasteiger partial charge in [0, 0.05) is 0 Å². The van der Waals surface area contributed by atoms with Crippen LogP contribution in [0.2, 0.25) is 0 Å². The molecule has 148 valence electrons. The van der Waals surface area contributed by atoms with Crippen molar-refractivity contribution < 1.29 is 9.53 Å². The second kappa shape index (κ2) is 11.0. The zero-order chi connectivity index (χ0) is 20.3. The molecule has 4 nitrogen and oxygen atoms in total. The number of anilines is 1. The van der Waals surface area contributed by atoms with Gasteiger partial charge in [-0.1, -0.05) is 72.8 Å². The summed E-state index contributed by atoms with van der Waals surface area (Å²) in [5, 5.41) is 6.03. The third-order valence-electron chi connectivity index (χ3n) is 4.31. The number of nitrogens with one attached hydrogen (secondary N) is 2. The normalized spacial score (nSPS) is 10.2. The molecule has 0 aliphatic heterocycles. The van der Waals surface area contributed by atoms with Gasteiger partial charge in [0.15, 0.2) is 5.11 Å².